The maximum Gasteiger partial charge on any atom is 0.416 e. The largest absolute Gasteiger partial charge is 0.416 e. The Morgan fingerprint density at radius 3 is 2.14 bits per heavy atom. The van der Waals surface area contributed by atoms with Gasteiger partial charge >= 0.3 is 6.18 Å². The lowest BCUT2D eigenvalue weighted by Gasteiger charge is -2.15. The normalized spacial score (nSPS) is 12.9. The third kappa shape index (κ3) is 4.21. The zero-order valence-electron chi connectivity index (χ0n) is 12.0. The van der Waals surface area contributed by atoms with Crippen molar-refractivity contribution in [2.24, 2.45) is 0 Å². The van der Waals surface area contributed by atoms with E-state index in [1.165, 1.54) is 12.1 Å². The predicted molar refractivity (Wildman–Crippen MR) is 80.3 cm³/mol. The highest BCUT2D eigenvalue weighted by atomic mass is 19.4. The van der Waals surface area contributed by atoms with Crippen LogP contribution in [0.2, 0.25) is 0 Å². The quantitative estimate of drug-likeness (QED) is 0.777. The second-order valence-electron chi connectivity index (χ2n) is 5.17. The lowest BCUT2D eigenvalue weighted by atomic mass is 9.96. The van der Waals surface area contributed by atoms with E-state index in [0.29, 0.717) is 17.6 Å². The predicted octanol–water partition coefficient (Wildman–Crippen LogP) is 4.93. The molecule has 0 radical (unpaired) electrons. The maximum atomic E-state index is 12.5. The molecule has 0 aliphatic heterocycles. The van der Waals surface area contributed by atoms with Crippen LogP contribution >= 0.6 is 0 Å². The molecule has 0 saturated heterocycles. The molecule has 2 aromatic rings. The van der Waals surface area contributed by atoms with Crippen molar-refractivity contribution in [3.05, 3.63) is 83.4 Å². The zero-order chi connectivity index (χ0) is 16.2. The van der Waals surface area contributed by atoms with Gasteiger partial charge in [0.25, 0.3) is 0 Å². The highest BCUT2D eigenvalue weighted by Crippen LogP contribution is 2.31. The number of aliphatic hydroxyl groups is 1. The fraction of sp³-hybridized carbons (Fsp3) is 0.222. The van der Waals surface area contributed by atoms with E-state index < -0.39 is 17.8 Å². The Labute approximate surface area is 127 Å². The molecule has 0 amide bonds. The molecule has 2 rings (SSSR count). The molecule has 0 fully saturated rings. The monoisotopic (exact) mass is 306 g/mol. The Bertz CT molecular complexity index is 615. The van der Waals surface area contributed by atoms with Crippen LogP contribution in [0.4, 0.5) is 13.2 Å². The number of aryl methyl sites for hydroxylation is 1. The van der Waals surface area contributed by atoms with Gasteiger partial charge < -0.3 is 5.11 Å². The molecule has 0 saturated carbocycles. The average molecular weight is 306 g/mol. The summed E-state index contributed by atoms with van der Waals surface area (Å²) in [4.78, 5) is 0. The van der Waals surface area contributed by atoms with Gasteiger partial charge in [0.05, 0.1) is 11.7 Å². The number of hydrogen-bond donors (Lipinski definition) is 1. The van der Waals surface area contributed by atoms with Gasteiger partial charge in [0.2, 0.25) is 0 Å². The Balaban J connectivity index is 1.98. The maximum absolute atomic E-state index is 12.5. The summed E-state index contributed by atoms with van der Waals surface area (Å²) in [6.45, 7) is 3.85. The Morgan fingerprint density at radius 1 is 1.00 bits per heavy atom. The van der Waals surface area contributed by atoms with Crippen molar-refractivity contribution in [3.63, 3.8) is 0 Å². The van der Waals surface area contributed by atoms with Gasteiger partial charge in [-0.05, 0) is 41.7 Å². The van der Waals surface area contributed by atoms with Crippen molar-refractivity contribution in [2.75, 3.05) is 0 Å². The van der Waals surface area contributed by atoms with E-state index in [9.17, 15) is 18.3 Å². The van der Waals surface area contributed by atoms with Crippen molar-refractivity contribution in [2.45, 2.75) is 25.1 Å². The zero-order valence-corrected chi connectivity index (χ0v) is 12.0. The molecule has 116 valence electrons. The lowest BCUT2D eigenvalue weighted by Crippen LogP contribution is -2.06. The molecule has 0 spiro atoms. The van der Waals surface area contributed by atoms with E-state index in [0.717, 1.165) is 24.1 Å². The van der Waals surface area contributed by atoms with E-state index in [-0.39, 0.29) is 0 Å². The van der Waals surface area contributed by atoms with Crippen molar-refractivity contribution < 1.29 is 18.3 Å². The second kappa shape index (κ2) is 6.79. The van der Waals surface area contributed by atoms with E-state index >= 15 is 0 Å². The van der Waals surface area contributed by atoms with Gasteiger partial charge in [0, 0.05) is 0 Å². The highest BCUT2D eigenvalue weighted by Gasteiger charge is 2.30. The number of rotatable bonds is 5. The first-order valence-corrected chi connectivity index (χ1v) is 6.95. The number of alkyl halides is 3. The molecule has 1 atom stereocenters. The lowest BCUT2D eigenvalue weighted by molar-refractivity contribution is -0.137. The average Bonchev–Trinajstić information content (AvgIpc) is 2.52. The van der Waals surface area contributed by atoms with E-state index in [2.05, 4.69) is 6.58 Å². The SMILES string of the molecule is C=C(CCc1ccccc1)[C@@H](O)c1ccc(C(F)(F)F)cc1. The summed E-state index contributed by atoms with van der Waals surface area (Å²) in [5, 5.41) is 10.2. The fourth-order valence-electron chi connectivity index (χ4n) is 2.18. The van der Waals surface area contributed by atoms with Crippen LogP contribution in [0.15, 0.2) is 66.7 Å². The minimum Gasteiger partial charge on any atom is -0.384 e. The molecule has 0 aliphatic rings. The molecular formula is C18H17F3O. The van der Waals surface area contributed by atoms with Crippen LogP contribution < -0.4 is 0 Å². The summed E-state index contributed by atoms with van der Waals surface area (Å²) in [5.41, 5.74) is 1.41. The van der Waals surface area contributed by atoms with E-state index in [1.807, 2.05) is 30.3 Å². The topological polar surface area (TPSA) is 20.2 Å². The third-order valence-corrected chi connectivity index (χ3v) is 3.52. The van der Waals surface area contributed by atoms with E-state index in [4.69, 9.17) is 0 Å². The van der Waals surface area contributed by atoms with Crippen molar-refractivity contribution in [1.29, 1.82) is 0 Å². The molecule has 0 unspecified atom stereocenters. The smallest absolute Gasteiger partial charge is 0.384 e. The first kappa shape index (κ1) is 16.3. The molecule has 0 heterocycles. The minimum absolute atomic E-state index is 0.422. The first-order valence-electron chi connectivity index (χ1n) is 6.95. The second-order valence-corrected chi connectivity index (χ2v) is 5.17. The van der Waals surface area contributed by atoms with Crippen LogP contribution in [0.25, 0.3) is 0 Å². The van der Waals surface area contributed by atoms with Crippen molar-refractivity contribution in [1.82, 2.24) is 0 Å². The Morgan fingerprint density at radius 2 is 1.59 bits per heavy atom. The van der Waals surface area contributed by atoms with Crippen LogP contribution in [-0.2, 0) is 12.6 Å². The number of aliphatic hydroxyl groups excluding tert-OH is 1. The van der Waals surface area contributed by atoms with Crippen LogP contribution in [0.1, 0.15) is 29.2 Å². The summed E-state index contributed by atoms with van der Waals surface area (Å²) < 4.78 is 37.5. The van der Waals surface area contributed by atoms with Gasteiger partial charge in [-0.25, -0.2) is 0 Å². The van der Waals surface area contributed by atoms with Gasteiger partial charge in [-0.1, -0.05) is 49.0 Å². The summed E-state index contributed by atoms with van der Waals surface area (Å²) in [7, 11) is 0. The fourth-order valence-corrected chi connectivity index (χ4v) is 2.18. The number of benzene rings is 2. The summed E-state index contributed by atoms with van der Waals surface area (Å²) in [6.07, 6.45) is -4.01. The Kier molecular flexibility index (Phi) is 5.03. The van der Waals surface area contributed by atoms with Crippen LogP contribution in [-0.4, -0.2) is 5.11 Å². The molecule has 0 aliphatic carbocycles. The number of hydrogen-bond acceptors (Lipinski definition) is 1. The summed E-state index contributed by atoms with van der Waals surface area (Å²) >= 11 is 0. The third-order valence-electron chi connectivity index (χ3n) is 3.52. The molecule has 1 N–H and O–H groups in total. The standard InChI is InChI=1S/C18H17F3O/c1-13(7-8-14-5-3-2-4-6-14)17(22)15-9-11-16(12-10-15)18(19,20)21/h2-6,9-12,17,22H,1,7-8H2/t17-/m1/s1. The van der Waals surface area contributed by atoms with Crippen LogP contribution in [0.5, 0.6) is 0 Å². The van der Waals surface area contributed by atoms with E-state index in [1.54, 1.807) is 0 Å². The molecule has 2 aromatic carbocycles. The highest BCUT2D eigenvalue weighted by molar-refractivity contribution is 5.30. The summed E-state index contributed by atoms with van der Waals surface area (Å²) in [5.74, 6) is 0. The Hall–Kier alpha value is -2.07. The minimum atomic E-state index is -4.37. The van der Waals surface area contributed by atoms with Gasteiger partial charge in [-0.2, -0.15) is 13.2 Å². The van der Waals surface area contributed by atoms with Crippen molar-refractivity contribution in [3.8, 4) is 0 Å². The summed E-state index contributed by atoms with van der Waals surface area (Å²) in [6, 6.07) is 14.3. The van der Waals surface area contributed by atoms with Crippen LogP contribution in [0.3, 0.4) is 0 Å². The van der Waals surface area contributed by atoms with Gasteiger partial charge in [0.15, 0.2) is 0 Å². The molecule has 4 heteroatoms. The molecular weight excluding hydrogens is 289 g/mol. The molecule has 0 bridgehead atoms. The molecule has 22 heavy (non-hydrogen) atoms. The van der Waals surface area contributed by atoms with Gasteiger partial charge in [0.1, 0.15) is 0 Å². The molecule has 0 aromatic heterocycles. The number of halogens is 3. The van der Waals surface area contributed by atoms with Gasteiger partial charge in [-0.3, -0.25) is 0 Å². The van der Waals surface area contributed by atoms with Crippen LogP contribution in [0, 0.1) is 0 Å². The van der Waals surface area contributed by atoms with Crippen molar-refractivity contribution >= 4 is 0 Å². The first-order chi connectivity index (χ1) is 10.4. The molecule has 1 nitrogen and oxygen atoms in total. The van der Waals surface area contributed by atoms with Gasteiger partial charge in [-0.15, -0.1) is 0 Å².